The lowest BCUT2D eigenvalue weighted by Crippen LogP contribution is -2.34. The van der Waals surface area contributed by atoms with Crippen molar-refractivity contribution in [2.75, 3.05) is 32.1 Å². The van der Waals surface area contributed by atoms with E-state index in [1.165, 1.54) is 0 Å². The van der Waals surface area contributed by atoms with Crippen LogP contribution in [0.1, 0.15) is 19.3 Å². The molecule has 2 N–H and O–H groups in total. The third kappa shape index (κ3) is 3.71. The lowest BCUT2D eigenvalue weighted by molar-refractivity contribution is -0.116. The third-order valence-electron chi connectivity index (χ3n) is 3.72. The van der Waals surface area contributed by atoms with Gasteiger partial charge in [-0.3, -0.25) is 9.69 Å². The molecule has 0 aromatic heterocycles. The smallest absolute Gasteiger partial charge is 0.225 e. The van der Waals surface area contributed by atoms with Gasteiger partial charge in [-0.05, 0) is 31.5 Å². The van der Waals surface area contributed by atoms with Crippen LogP contribution >= 0.6 is 0 Å². The van der Waals surface area contributed by atoms with Crippen LogP contribution < -0.4 is 10.1 Å². The second-order valence-electron chi connectivity index (χ2n) is 5.01. The highest BCUT2D eigenvalue weighted by atomic mass is 16.5. The highest BCUT2D eigenvalue weighted by Gasteiger charge is 2.23. The van der Waals surface area contributed by atoms with E-state index >= 15 is 0 Å². The monoisotopic (exact) mass is 278 g/mol. The predicted octanol–water partition coefficient (Wildman–Crippen LogP) is 1.48. The zero-order valence-electron chi connectivity index (χ0n) is 11.8. The van der Waals surface area contributed by atoms with Gasteiger partial charge in [-0.1, -0.05) is 12.1 Å². The van der Waals surface area contributed by atoms with E-state index in [2.05, 4.69) is 10.2 Å². The molecule has 1 aromatic carbocycles. The van der Waals surface area contributed by atoms with Crippen LogP contribution in [-0.4, -0.2) is 48.8 Å². The molecule has 5 nitrogen and oxygen atoms in total. The summed E-state index contributed by atoms with van der Waals surface area (Å²) in [4.78, 5) is 14.2. The molecule has 0 bridgehead atoms. The van der Waals surface area contributed by atoms with Crippen molar-refractivity contribution >= 4 is 11.6 Å². The number of ether oxygens (including phenoxy) is 1. The molecule has 0 spiro atoms. The van der Waals surface area contributed by atoms with Crippen LogP contribution in [0.5, 0.6) is 5.75 Å². The first-order chi connectivity index (χ1) is 9.74. The number of benzene rings is 1. The van der Waals surface area contributed by atoms with Gasteiger partial charge in [0.2, 0.25) is 5.91 Å². The summed E-state index contributed by atoms with van der Waals surface area (Å²) in [6.45, 7) is 1.83. The number of likely N-dealkylation sites (tertiary alicyclic amines) is 1. The first kappa shape index (κ1) is 14.8. The Morgan fingerprint density at radius 2 is 2.30 bits per heavy atom. The maximum Gasteiger partial charge on any atom is 0.225 e. The van der Waals surface area contributed by atoms with Crippen molar-refractivity contribution in [1.29, 1.82) is 0 Å². The van der Waals surface area contributed by atoms with E-state index in [0.717, 1.165) is 19.4 Å². The van der Waals surface area contributed by atoms with Gasteiger partial charge >= 0.3 is 0 Å². The summed E-state index contributed by atoms with van der Waals surface area (Å²) in [6, 6.07) is 7.58. The van der Waals surface area contributed by atoms with Crippen LogP contribution in [0.4, 0.5) is 5.69 Å². The Labute approximate surface area is 119 Å². The first-order valence-electron chi connectivity index (χ1n) is 7.02. The van der Waals surface area contributed by atoms with Crippen molar-refractivity contribution in [2.24, 2.45) is 0 Å². The van der Waals surface area contributed by atoms with E-state index in [1.54, 1.807) is 7.11 Å². The number of para-hydroxylation sites is 2. The molecule has 0 unspecified atom stereocenters. The van der Waals surface area contributed by atoms with Gasteiger partial charge in [0.25, 0.3) is 0 Å². The maximum atomic E-state index is 12.0. The quantitative estimate of drug-likeness (QED) is 0.827. The first-order valence-corrected chi connectivity index (χ1v) is 7.02. The van der Waals surface area contributed by atoms with Crippen molar-refractivity contribution in [3.63, 3.8) is 0 Å². The Morgan fingerprint density at radius 1 is 1.50 bits per heavy atom. The van der Waals surface area contributed by atoms with Gasteiger partial charge < -0.3 is 15.2 Å². The standard InChI is InChI=1S/C15H22N2O3/c1-20-14-7-3-2-6-13(14)16-15(19)8-10-17-9-4-5-12(17)11-18/h2-3,6-7,12,18H,4-5,8-11H2,1H3,(H,16,19)/t12-/m1/s1. The van der Waals surface area contributed by atoms with E-state index in [4.69, 9.17) is 4.74 Å². The predicted molar refractivity (Wildman–Crippen MR) is 77.9 cm³/mol. The summed E-state index contributed by atoms with van der Waals surface area (Å²) in [5, 5.41) is 12.1. The molecule has 5 heteroatoms. The maximum absolute atomic E-state index is 12.0. The van der Waals surface area contributed by atoms with E-state index < -0.39 is 0 Å². The molecule has 1 heterocycles. The number of anilines is 1. The summed E-state index contributed by atoms with van der Waals surface area (Å²) in [7, 11) is 1.58. The zero-order chi connectivity index (χ0) is 14.4. The van der Waals surface area contributed by atoms with Crippen LogP contribution in [0.3, 0.4) is 0 Å². The van der Waals surface area contributed by atoms with Gasteiger partial charge in [-0.15, -0.1) is 0 Å². The number of hydrogen-bond acceptors (Lipinski definition) is 4. The molecule has 1 saturated heterocycles. The lowest BCUT2D eigenvalue weighted by atomic mass is 10.2. The van der Waals surface area contributed by atoms with Gasteiger partial charge in [0.1, 0.15) is 5.75 Å². The molecular weight excluding hydrogens is 256 g/mol. The molecule has 1 atom stereocenters. The number of carbonyl (C=O) groups is 1. The van der Waals surface area contributed by atoms with E-state index in [0.29, 0.717) is 24.4 Å². The fourth-order valence-electron chi connectivity index (χ4n) is 2.60. The second-order valence-corrected chi connectivity index (χ2v) is 5.01. The molecule has 1 aliphatic rings. The number of rotatable bonds is 6. The minimum Gasteiger partial charge on any atom is -0.495 e. The summed E-state index contributed by atoms with van der Waals surface area (Å²) in [5.74, 6) is 0.633. The van der Waals surface area contributed by atoms with Crippen LogP contribution in [0.2, 0.25) is 0 Å². The average Bonchev–Trinajstić information content (AvgIpc) is 2.93. The topological polar surface area (TPSA) is 61.8 Å². The highest BCUT2D eigenvalue weighted by Crippen LogP contribution is 2.23. The van der Waals surface area contributed by atoms with Crippen molar-refractivity contribution in [3.8, 4) is 5.75 Å². The van der Waals surface area contributed by atoms with E-state index in [-0.39, 0.29) is 18.6 Å². The Bertz CT molecular complexity index is 450. The molecule has 110 valence electrons. The van der Waals surface area contributed by atoms with Gasteiger partial charge in [-0.25, -0.2) is 0 Å². The summed E-state index contributed by atoms with van der Waals surface area (Å²) < 4.78 is 5.20. The number of hydrogen-bond donors (Lipinski definition) is 2. The normalized spacial score (nSPS) is 19.0. The number of amides is 1. The fourth-order valence-corrected chi connectivity index (χ4v) is 2.60. The lowest BCUT2D eigenvalue weighted by Gasteiger charge is -2.22. The van der Waals surface area contributed by atoms with Crippen molar-refractivity contribution in [3.05, 3.63) is 24.3 Å². The Kier molecular flexibility index (Phi) is 5.38. The number of nitrogens with zero attached hydrogens (tertiary/aromatic N) is 1. The van der Waals surface area contributed by atoms with Crippen molar-refractivity contribution < 1.29 is 14.6 Å². The SMILES string of the molecule is COc1ccccc1NC(=O)CCN1CCC[C@@H]1CO. The van der Waals surface area contributed by atoms with Crippen LogP contribution in [-0.2, 0) is 4.79 Å². The molecule has 1 amide bonds. The highest BCUT2D eigenvalue weighted by molar-refractivity contribution is 5.92. The van der Waals surface area contributed by atoms with Crippen LogP contribution in [0.15, 0.2) is 24.3 Å². The number of carbonyl (C=O) groups excluding carboxylic acids is 1. The van der Waals surface area contributed by atoms with E-state index in [1.807, 2.05) is 24.3 Å². The van der Waals surface area contributed by atoms with Gasteiger partial charge in [0.15, 0.2) is 0 Å². The second kappa shape index (κ2) is 7.26. The molecule has 0 saturated carbocycles. The molecule has 1 aliphatic heterocycles. The number of aliphatic hydroxyl groups excluding tert-OH is 1. The number of aliphatic hydroxyl groups is 1. The van der Waals surface area contributed by atoms with Crippen LogP contribution in [0.25, 0.3) is 0 Å². The van der Waals surface area contributed by atoms with Crippen molar-refractivity contribution in [2.45, 2.75) is 25.3 Å². The van der Waals surface area contributed by atoms with Gasteiger partial charge in [-0.2, -0.15) is 0 Å². The van der Waals surface area contributed by atoms with Crippen molar-refractivity contribution in [1.82, 2.24) is 4.90 Å². The summed E-state index contributed by atoms with van der Waals surface area (Å²) >= 11 is 0. The molecule has 0 aliphatic carbocycles. The summed E-state index contributed by atoms with van der Waals surface area (Å²) in [6.07, 6.45) is 2.54. The Balaban J connectivity index is 1.83. The largest absolute Gasteiger partial charge is 0.495 e. The number of methoxy groups -OCH3 is 1. The van der Waals surface area contributed by atoms with Gasteiger partial charge in [0.05, 0.1) is 19.4 Å². The molecule has 1 aromatic rings. The fraction of sp³-hybridized carbons (Fsp3) is 0.533. The average molecular weight is 278 g/mol. The molecule has 1 fully saturated rings. The zero-order valence-corrected chi connectivity index (χ0v) is 11.8. The molecule has 0 radical (unpaired) electrons. The third-order valence-corrected chi connectivity index (χ3v) is 3.72. The number of nitrogens with one attached hydrogen (secondary N) is 1. The Morgan fingerprint density at radius 3 is 3.05 bits per heavy atom. The molecule has 2 rings (SSSR count). The molecule has 20 heavy (non-hydrogen) atoms. The minimum atomic E-state index is -0.0295. The molecular formula is C15H22N2O3. The minimum absolute atomic E-state index is 0.0295. The Hall–Kier alpha value is -1.59. The summed E-state index contributed by atoms with van der Waals surface area (Å²) in [5.41, 5.74) is 0.695. The van der Waals surface area contributed by atoms with Gasteiger partial charge in [0, 0.05) is 19.0 Å². The van der Waals surface area contributed by atoms with E-state index in [9.17, 15) is 9.90 Å². The van der Waals surface area contributed by atoms with Crippen LogP contribution in [0, 0.1) is 0 Å².